The number of aromatic hydroxyl groups is 1. The third kappa shape index (κ3) is 2.52. The van der Waals surface area contributed by atoms with Crippen molar-refractivity contribution in [3.05, 3.63) is 34.4 Å². The summed E-state index contributed by atoms with van der Waals surface area (Å²) in [4.78, 5) is 0. The van der Waals surface area contributed by atoms with Crippen molar-refractivity contribution in [3.8, 4) is 5.75 Å². The molecule has 0 aliphatic heterocycles. The molecule has 0 heterocycles. The Hall–Kier alpha value is -0.950. The first kappa shape index (κ1) is 11.1. The van der Waals surface area contributed by atoms with Gasteiger partial charge >= 0.3 is 0 Å². The van der Waals surface area contributed by atoms with Crippen molar-refractivity contribution in [2.45, 2.75) is 26.7 Å². The van der Waals surface area contributed by atoms with Crippen LogP contribution >= 0.6 is 11.6 Å². The van der Waals surface area contributed by atoms with Crippen LogP contribution in [0.5, 0.6) is 5.75 Å². The van der Waals surface area contributed by atoms with Gasteiger partial charge in [0.05, 0.1) is 0 Å². The molecule has 0 saturated carbocycles. The molecule has 0 amide bonds. The van der Waals surface area contributed by atoms with Gasteiger partial charge in [0.1, 0.15) is 5.75 Å². The first-order valence-electron chi connectivity index (χ1n) is 4.87. The van der Waals surface area contributed by atoms with Gasteiger partial charge < -0.3 is 5.11 Å². The summed E-state index contributed by atoms with van der Waals surface area (Å²) in [6.07, 6.45) is 5.65. The van der Waals surface area contributed by atoms with E-state index >= 15 is 0 Å². The topological polar surface area (TPSA) is 20.2 Å². The molecular weight excluding hydrogens is 196 g/mol. The third-order valence-corrected chi connectivity index (χ3v) is 2.32. The van der Waals surface area contributed by atoms with Gasteiger partial charge in [-0.15, -0.1) is 0 Å². The maximum absolute atomic E-state index is 9.83. The van der Waals surface area contributed by atoms with E-state index < -0.39 is 0 Å². The molecule has 1 aromatic carbocycles. The number of phenols is 1. The fraction of sp³-hybridized carbons (Fsp3) is 0.333. The molecule has 76 valence electrons. The second-order valence-corrected chi connectivity index (χ2v) is 3.60. The molecule has 1 aromatic rings. The molecule has 0 atom stereocenters. The molecule has 14 heavy (non-hydrogen) atoms. The monoisotopic (exact) mass is 210 g/mol. The van der Waals surface area contributed by atoms with Gasteiger partial charge in [0.15, 0.2) is 0 Å². The van der Waals surface area contributed by atoms with Crippen LogP contribution in [-0.4, -0.2) is 5.11 Å². The van der Waals surface area contributed by atoms with E-state index in [1.54, 1.807) is 12.1 Å². The van der Waals surface area contributed by atoms with Crippen LogP contribution in [0.2, 0.25) is 5.02 Å². The van der Waals surface area contributed by atoms with Crippen LogP contribution in [0, 0.1) is 0 Å². The Morgan fingerprint density at radius 3 is 2.64 bits per heavy atom. The van der Waals surface area contributed by atoms with E-state index in [4.69, 9.17) is 11.6 Å². The van der Waals surface area contributed by atoms with Crippen LogP contribution in [0.4, 0.5) is 0 Å². The zero-order valence-electron chi connectivity index (χ0n) is 8.55. The molecule has 2 heteroatoms. The predicted molar refractivity (Wildman–Crippen MR) is 61.8 cm³/mol. The maximum atomic E-state index is 9.83. The van der Waals surface area contributed by atoms with Crippen LogP contribution in [-0.2, 0) is 6.42 Å². The van der Waals surface area contributed by atoms with E-state index in [-0.39, 0.29) is 0 Å². The van der Waals surface area contributed by atoms with E-state index in [0.717, 1.165) is 24.0 Å². The number of allylic oxidation sites excluding steroid dienone is 1. The second-order valence-electron chi connectivity index (χ2n) is 3.17. The predicted octanol–water partition coefficient (Wildman–Crippen LogP) is 4.03. The molecular formula is C12H15ClO. The highest BCUT2D eigenvalue weighted by Crippen LogP contribution is 2.28. The van der Waals surface area contributed by atoms with Crippen LogP contribution in [0.15, 0.2) is 18.2 Å². The second kappa shape index (κ2) is 5.06. The molecule has 0 aromatic heterocycles. The number of benzene rings is 1. The number of halogens is 1. The Balaban J connectivity index is 3.15. The summed E-state index contributed by atoms with van der Waals surface area (Å²) in [6, 6.07) is 3.59. The first-order valence-corrected chi connectivity index (χ1v) is 5.24. The lowest BCUT2D eigenvalue weighted by molar-refractivity contribution is 0.467. The summed E-state index contributed by atoms with van der Waals surface area (Å²) in [6.45, 7) is 4.05. The summed E-state index contributed by atoms with van der Waals surface area (Å²) < 4.78 is 0. The average Bonchev–Trinajstić information content (AvgIpc) is 2.18. The fourth-order valence-electron chi connectivity index (χ4n) is 1.32. The van der Waals surface area contributed by atoms with Gasteiger partial charge in [0.2, 0.25) is 0 Å². The summed E-state index contributed by atoms with van der Waals surface area (Å²) in [5.74, 6) is 0.349. The van der Waals surface area contributed by atoms with E-state index in [9.17, 15) is 5.11 Å². The zero-order chi connectivity index (χ0) is 10.6. The van der Waals surface area contributed by atoms with Crippen LogP contribution in [0.25, 0.3) is 6.08 Å². The Bertz CT molecular complexity index is 342. The number of rotatable bonds is 3. The summed E-state index contributed by atoms with van der Waals surface area (Å²) in [7, 11) is 0. The SMILES string of the molecule is CC/C=C\c1cc(Cl)cc(CC)c1O. The molecule has 0 bridgehead atoms. The van der Waals surface area contributed by atoms with Gasteiger partial charge in [-0.2, -0.15) is 0 Å². The van der Waals surface area contributed by atoms with Crippen LogP contribution < -0.4 is 0 Å². The quantitative estimate of drug-likeness (QED) is 0.799. The number of phenolic OH excluding ortho intramolecular Hbond substituents is 1. The Morgan fingerprint density at radius 2 is 2.07 bits per heavy atom. The lowest BCUT2D eigenvalue weighted by Gasteiger charge is -2.06. The minimum Gasteiger partial charge on any atom is -0.507 e. The molecule has 0 radical (unpaired) electrons. The minimum absolute atomic E-state index is 0.349. The van der Waals surface area contributed by atoms with E-state index in [0.29, 0.717) is 10.8 Å². The van der Waals surface area contributed by atoms with Gasteiger partial charge in [0, 0.05) is 10.6 Å². The Kier molecular flexibility index (Phi) is 4.02. The van der Waals surface area contributed by atoms with E-state index in [1.807, 2.05) is 19.1 Å². The largest absolute Gasteiger partial charge is 0.507 e. The lowest BCUT2D eigenvalue weighted by atomic mass is 10.1. The number of hydrogen-bond acceptors (Lipinski definition) is 1. The van der Waals surface area contributed by atoms with Crippen LogP contribution in [0.3, 0.4) is 0 Å². The Labute approximate surface area is 90.0 Å². The van der Waals surface area contributed by atoms with E-state index in [2.05, 4.69) is 6.92 Å². The van der Waals surface area contributed by atoms with Crippen molar-refractivity contribution in [1.29, 1.82) is 0 Å². The van der Waals surface area contributed by atoms with Gasteiger partial charge in [-0.3, -0.25) is 0 Å². The van der Waals surface area contributed by atoms with Crippen molar-refractivity contribution in [3.63, 3.8) is 0 Å². The molecule has 0 saturated heterocycles. The van der Waals surface area contributed by atoms with E-state index in [1.165, 1.54) is 0 Å². The summed E-state index contributed by atoms with van der Waals surface area (Å²) in [5.41, 5.74) is 1.70. The van der Waals surface area contributed by atoms with Crippen molar-refractivity contribution in [2.75, 3.05) is 0 Å². The molecule has 0 aliphatic carbocycles. The highest BCUT2D eigenvalue weighted by atomic mass is 35.5. The van der Waals surface area contributed by atoms with Crippen molar-refractivity contribution < 1.29 is 5.11 Å². The number of hydrogen-bond donors (Lipinski definition) is 1. The average molecular weight is 211 g/mol. The van der Waals surface area contributed by atoms with Gasteiger partial charge in [-0.1, -0.05) is 37.6 Å². The van der Waals surface area contributed by atoms with Crippen molar-refractivity contribution >= 4 is 17.7 Å². The minimum atomic E-state index is 0.349. The molecule has 0 fully saturated rings. The summed E-state index contributed by atoms with van der Waals surface area (Å²) >= 11 is 5.93. The van der Waals surface area contributed by atoms with Gasteiger partial charge in [-0.25, -0.2) is 0 Å². The third-order valence-electron chi connectivity index (χ3n) is 2.10. The molecule has 0 unspecified atom stereocenters. The van der Waals surface area contributed by atoms with Crippen molar-refractivity contribution in [1.82, 2.24) is 0 Å². The smallest absolute Gasteiger partial charge is 0.126 e. The maximum Gasteiger partial charge on any atom is 0.126 e. The fourth-order valence-corrected chi connectivity index (χ4v) is 1.57. The van der Waals surface area contributed by atoms with Gasteiger partial charge in [-0.05, 0) is 30.5 Å². The highest BCUT2D eigenvalue weighted by molar-refractivity contribution is 6.30. The lowest BCUT2D eigenvalue weighted by Crippen LogP contribution is -1.85. The summed E-state index contributed by atoms with van der Waals surface area (Å²) in [5, 5.41) is 10.5. The molecule has 1 N–H and O–H groups in total. The van der Waals surface area contributed by atoms with Gasteiger partial charge in [0.25, 0.3) is 0 Å². The van der Waals surface area contributed by atoms with Crippen molar-refractivity contribution in [2.24, 2.45) is 0 Å². The Morgan fingerprint density at radius 1 is 1.36 bits per heavy atom. The highest BCUT2D eigenvalue weighted by Gasteiger charge is 2.05. The normalized spacial score (nSPS) is 11.1. The van der Waals surface area contributed by atoms with Crippen LogP contribution in [0.1, 0.15) is 31.4 Å². The number of aryl methyl sites for hydroxylation is 1. The molecule has 0 aliphatic rings. The first-order chi connectivity index (χ1) is 6.69. The molecule has 0 spiro atoms. The molecule has 1 rings (SSSR count). The zero-order valence-corrected chi connectivity index (χ0v) is 9.30. The standard InChI is InChI=1S/C12H15ClO/c1-3-5-6-10-8-11(13)7-9(4-2)12(10)14/h5-8,14H,3-4H2,1-2H3/b6-5-. The molecule has 1 nitrogen and oxygen atoms in total.